The van der Waals surface area contributed by atoms with Gasteiger partial charge < -0.3 is 4.90 Å². The summed E-state index contributed by atoms with van der Waals surface area (Å²) >= 11 is 0. The van der Waals surface area contributed by atoms with Gasteiger partial charge in [-0.1, -0.05) is 30.3 Å². The molecule has 0 saturated carbocycles. The monoisotopic (exact) mass is 295 g/mol. The van der Waals surface area contributed by atoms with E-state index in [0.29, 0.717) is 11.7 Å². The van der Waals surface area contributed by atoms with Crippen molar-refractivity contribution in [2.24, 2.45) is 5.92 Å². The van der Waals surface area contributed by atoms with Crippen LogP contribution in [0.4, 0.5) is 0 Å². The molecule has 1 atom stereocenters. The molecule has 3 nitrogen and oxygen atoms in total. The molecular weight excluding hydrogens is 270 g/mol. The average molecular weight is 295 g/mol. The van der Waals surface area contributed by atoms with Gasteiger partial charge in [-0.15, -0.1) is 0 Å². The lowest BCUT2D eigenvalue weighted by atomic mass is 9.99. The Balaban J connectivity index is 1.73. The van der Waals surface area contributed by atoms with Crippen molar-refractivity contribution in [3.8, 4) is 0 Å². The first-order valence-electron chi connectivity index (χ1n) is 7.47. The van der Waals surface area contributed by atoms with Crippen molar-refractivity contribution in [3.05, 3.63) is 35.9 Å². The molecule has 0 aliphatic carbocycles. The van der Waals surface area contributed by atoms with Gasteiger partial charge in [-0.25, -0.2) is 8.42 Å². The summed E-state index contributed by atoms with van der Waals surface area (Å²) in [6.07, 6.45) is 5.79. The highest BCUT2D eigenvalue weighted by atomic mass is 32.2. The van der Waals surface area contributed by atoms with Crippen LogP contribution in [-0.2, 0) is 16.3 Å². The van der Waals surface area contributed by atoms with Crippen LogP contribution in [0.15, 0.2) is 30.3 Å². The number of benzene rings is 1. The number of nitrogens with zero attached hydrogens (tertiary/aromatic N) is 1. The average Bonchev–Trinajstić information content (AvgIpc) is 2.38. The molecule has 1 aromatic carbocycles. The zero-order chi connectivity index (χ0) is 14.4. The largest absolute Gasteiger partial charge is 0.303 e. The van der Waals surface area contributed by atoms with E-state index in [1.54, 1.807) is 0 Å². The van der Waals surface area contributed by atoms with Crippen molar-refractivity contribution in [2.75, 3.05) is 31.6 Å². The van der Waals surface area contributed by atoms with Gasteiger partial charge in [-0.2, -0.15) is 0 Å². The van der Waals surface area contributed by atoms with Crippen LogP contribution in [0.1, 0.15) is 24.8 Å². The molecule has 4 heteroatoms. The van der Waals surface area contributed by atoms with Gasteiger partial charge in [0.2, 0.25) is 0 Å². The zero-order valence-electron chi connectivity index (χ0n) is 12.3. The molecule has 1 heterocycles. The number of likely N-dealkylation sites (tertiary alicyclic amines) is 1. The second-order valence-corrected chi connectivity index (χ2v) is 8.18. The summed E-state index contributed by atoms with van der Waals surface area (Å²) in [7, 11) is -2.84. The number of rotatable bonds is 6. The summed E-state index contributed by atoms with van der Waals surface area (Å²) in [6, 6.07) is 10.5. The Labute approximate surface area is 122 Å². The Morgan fingerprint density at radius 2 is 2.00 bits per heavy atom. The van der Waals surface area contributed by atoms with E-state index in [1.807, 2.05) is 6.07 Å². The molecule has 1 fully saturated rings. The third-order valence-corrected chi connectivity index (χ3v) is 5.00. The first kappa shape index (κ1) is 15.5. The minimum atomic E-state index is -2.84. The Bertz CT molecular complexity index is 498. The molecule has 20 heavy (non-hydrogen) atoms. The fraction of sp³-hybridized carbons (Fsp3) is 0.625. The summed E-state index contributed by atoms with van der Waals surface area (Å²) in [5.74, 6) is 0.679. The molecule has 1 aliphatic heterocycles. The van der Waals surface area contributed by atoms with Crippen LogP contribution in [0.25, 0.3) is 0 Å². The van der Waals surface area contributed by atoms with Gasteiger partial charge in [0.1, 0.15) is 9.84 Å². The normalized spacial score (nSPS) is 20.9. The maximum absolute atomic E-state index is 11.4. The van der Waals surface area contributed by atoms with Crippen LogP contribution in [-0.4, -0.2) is 45.0 Å². The van der Waals surface area contributed by atoms with Crippen LogP contribution in [0.5, 0.6) is 0 Å². The smallest absolute Gasteiger partial charge is 0.147 e. The van der Waals surface area contributed by atoms with Crippen LogP contribution >= 0.6 is 0 Å². The molecular formula is C16H25NO2S. The van der Waals surface area contributed by atoms with E-state index < -0.39 is 9.84 Å². The lowest BCUT2D eigenvalue weighted by Crippen LogP contribution is -2.38. The van der Waals surface area contributed by atoms with E-state index in [4.69, 9.17) is 0 Å². The van der Waals surface area contributed by atoms with Crippen molar-refractivity contribution >= 4 is 9.84 Å². The van der Waals surface area contributed by atoms with Gasteiger partial charge in [-0.3, -0.25) is 0 Å². The predicted molar refractivity (Wildman–Crippen MR) is 83.6 cm³/mol. The van der Waals surface area contributed by atoms with E-state index in [1.165, 1.54) is 11.8 Å². The number of hydrogen-bond donors (Lipinski definition) is 0. The fourth-order valence-corrected chi connectivity index (χ4v) is 4.20. The van der Waals surface area contributed by atoms with Gasteiger partial charge in [-0.05, 0) is 50.3 Å². The highest BCUT2D eigenvalue weighted by molar-refractivity contribution is 7.90. The molecule has 0 N–H and O–H groups in total. The molecule has 0 amide bonds. The summed E-state index contributed by atoms with van der Waals surface area (Å²) in [5.41, 5.74) is 1.39. The van der Waals surface area contributed by atoms with Gasteiger partial charge in [0.25, 0.3) is 0 Å². The molecule has 0 bridgehead atoms. The number of sulfone groups is 1. The van der Waals surface area contributed by atoms with E-state index >= 15 is 0 Å². The van der Waals surface area contributed by atoms with Crippen LogP contribution < -0.4 is 0 Å². The maximum atomic E-state index is 11.4. The Morgan fingerprint density at radius 1 is 1.25 bits per heavy atom. The highest BCUT2D eigenvalue weighted by Gasteiger charge is 2.22. The van der Waals surface area contributed by atoms with Crippen LogP contribution in [0.3, 0.4) is 0 Å². The molecule has 1 aromatic rings. The van der Waals surface area contributed by atoms with Crippen molar-refractivity contribution < 1.29 is 8.42 Å². The SMILES string of the molecule is CS(=O)(=O)CC1CCCN(CCCc2ccccc2)C1. The standard InChI is InChI=1S/C16H25NO2S/c1-20(18,19)14-16-10-6-12-17(13-16)11-5-9-15-7-3-2-4-8-15/h2-4,7-8,16H,5-6,9-14H2,1H3. The molecule has 1 unspecified atom stereocenters. The Morgan fingerprint density at radius 3 is 2.70 bits per heavy atom. The molecule has 0 spiro atoms. The van der Waals surface area contributed by atoms with Crippen molar-refractivity contribution in [1.29, 1.82) is 0 Å². The number of aryl methyl sites for hydroxylation is 1. The van der Waals surface area contributed by atoms with Crippen LogP contribution in [0, 0.1) is 5.92 Å². The summed E-state index contributed by atoms with van der Waals surface area (Å²) in [5, 5.41) is 0. The maximum Gasteiger partial charge on any atom is 0.147 e. The topological polar surface area (TPSA) is 37.4 Å². The van der Waals surface area contributed by atoms with Gasteiger partial charge in [0.05, 0.1) is 5.75 Å². The van der Waals surface area contributed by atoms with E-state index in [0.717, 1.165) is 45.3 Å². The summed E-state index contributed by atoms with van der Waals surface area (Å²) in [4.78, 5) is 2.43. The Hall–Kier alpha value is -0.870. The predicted octanol–water partition coefficient (Wildman–Crippen LogP) is 2.38. The number of hydrogen-bond acceptors (Lipinski definition) is 3. The van der Waals surface area contributed by atoms with Crippen molar-refractivity contribution in [1.82, 2.24) is 4.90 Å². The first-order chi connectivity index (χ1) is 9.53. The fourth-order valence-electron chi connectivity index (χ4n) is 3.07. The molecule has 112 valence electrons. The van der Waals surface area contributed by atoms with Crippen molar-refractivity contribution in [3.63, 3.8) is 0 Å². The zero-order valence-corrected chi connectivity index (χ0v) is 13.1. The quantitative estimate of drug-likeness (QED) is 0.808. The molecule has 0 radical (unpaired) electrons. The molecule has 1 aliphatic rings. The molecule has 0 aromatic heterocycles. The van der Waals surface area contributed by atoms with E-state index in [2.05, 4.69) is 29.2 Å². The lowest BCUT2D eigenvalue weighted by molar-refractivity contribution is 0.183. The minimum absolute atomic E-state index is 0.329. The molecule has 2 rings (SSSR count). The van der Waals surface area contributed by atoms with E-state index in [9.17, 15) is 8.42 Å². The van der Waals surface area contributed by atoms with Crippen molar-refractivity contribution in [2.45, 2.75) is 25.7 Å². The van der Waals surface area contributed by atoms with Gasteiger partial charge >= 0.3 is 0 Å². The number of piperidine rings is 1. The Kier molecular flexibility index (Phi) is 5.61. The second kappa shape index (κ2) is 7.23. The minimum Gasteiger partial charge on any atom is -0.303 e. The molecule has 1 saturated heterocycles. The van der Waals surface area contributed by atoms with Gasteiger partial charge in [0, 0.05) is 12.8 Å². The van der Waals surface area contributed by atoms with Crippen LogP contribution in [0.2, 0.25) is 0 Å². The third-order valence-electron chi connectivity index (χ3n) is 3.92. The summed E-state index contributed by atoms with van der Waals surface area (Å²) in [6.45, 7) is 3.14. The van der Waals surface area contributed by atoms with Gasteiger partial charge in [0.15, 0.2) is 0 Å². The highest BCUT2D eigenvalue weighted by Crippen LogP contribution is 2.18. The second-order valence-electron chi connectivity index (χ2n) is 5.99. The lowest BCUT2D eigenvalue weighted by Gasteiger charge is -2.32. The third kappa shape index (κ3) is 5.63. The van der Waals surface area contributed by atoms with E-state index in [-0.39, 0.29) is 0 Å². The summed E-state index contributed by atoms with van der Waals surface area (Å²) < 4.78 is 22.8. The first-order valence-corrected chi connectivity index (χ1v) is 9.53.